The van der Waals surface area contributed by atoms with Gasteiger partial charge in [-0.25, -0.2) is 4.98 Å². The number of amides is 1. The van der Waals surface area contributed by atoms with Crippen LogP contribution in [0.5, 0.6) is 5.75 Å². The molecule has 5 heteroatoms. The average molecular weight is 322 g/mol. The molecule has 1 aromatic heterocycles. The zero-order chi connectivity index (χ0) is 16.9. The van der Waals surface area contributed by atoms with Gasteiger partial charge in [0.1, 0.15) is 11.5 Å². The lowest BCUT2D eigenvalue weighted by Crippen LogP contribution is -2.15. The van der Waals surface area contributed by atoms with Crippen molar-refractivity contribution in [3.8, 4) is 17.2 Å². The van der Waals surface area contributed by atoms with E-state index in [1.54, 1.807) is 7.11 Å². The second-order valence-electron chi connectivity index (χ2n) is 5.34. The van der Waals surface area contributed by atoms with Gasteiger partial charge in [-0.15, -0.1) is 0 Å². The summed E-state index contributed by atoms with van der Waals surface area (Å²) < 4.78 is 10.8. The van der Waals surface area contributed by atoms with Gasteiger partial charge in [0.25, 0.3) is 0 Å². The largest absolute Gasteiger partial charge is 0.497 e. The molecule has 0 fully saturated rings. The number of aromatic nitrogens is 1. The number of nitrogens with zero attached hydrogens (tertiary/aromatic N) is 1. The Bertz CT molecular complexity index is 824. The highest BCUT2D eigenvalue weighted by Gasteiger charge is 2.15. The lowest BCUT2D eigenvalue weighted by atomic mass is 10.2. The summed E-state index contributed by atoms with van der Waals surface area (Å²) >= 11 is 0. The standard InChI is InChI=1S/C19H18N2O3/c1-13-17(12-18(22)20-15-6-4-3-5-7-15)21-19(24-13)14-8-10-16(23-2)11-9-14/h3-11H,12H2,1-2H3,(H,20,22). The molecule has 0 spiro atoms. The van der Waals surface area contributed by atoms with Gasteiger partial charge < -0.3 is 14.5 Å². The molecule has 1 N–H and O–H groups in total. The second kappa shape index (κ2) is 7.00. The Morgan fingerprint density at radius 1 is 1.12 bits per heavy atom. The molecule has 0 aliphatic heterocycles. The van der Waals surface area contributed by atoms with Gasteiger partial charge in [-0.1, -0.05) is 18.2 Å². The average Bonchev–Trinajstić information content (AvgIpc) is 2.96. The molecule has 2 aromatic carbocycles. The van der Waals surface area contributed by atoms with Gasteiger partial charge in [-0.05, 0) is 43.3 Å². The molecule has 0 bridgehead atoms. The minimum atomic E-state index is -0.126. The van der Waals surface area contributed by atoms with Crippen molar-refractivity contribution in [1.29, 1.82) is 0 Å². The normalized spacial score (nSPS) is 10.4. The second-order valence-corrected chi connectivity index (χ2v) is 5.34. The predicted molar refractivity (Wildman–Crippen MR) is 92.0 cm³/mol. The number of hydrogen-bond donors (Lipinski definition) is 1. The van der Waals surface area contributed by atoms with Crippen LogP contribution in [0.3, 0.4) is 0 Å². The topological polar surface area (TPSA) is 64.4 Å². The Hall–Kier alpha value is -3.08. The van der Waals surface area contributed by atoms with E-state index < -0.39 is 0 Å². The molecule has 0 radical (unpaired) electrons. The maximum atomic E-state index is 12.2. The van der Waals surface area contributed by atoms with Crippen LogP contribution >= 0.6 is 0 Å². The molecule has 1 heterocycles. The Labute approximate surface area is 140 Å². The number of benzene rings is 2. The first-order valence-electron chi connectivity index (χ1n) is 7.61. The maximum Gasteiger partial charge on any atom is 0.230 e. The fourth-order valence-electron chi connectivity index (χ4n) is 2.33. The summed E-state index contributed by atoms with van der Waals surface area (Å²) in [5.41, 5.74) is 2.24. The number of carbonyl (C=O) groups excluding carboxylic acids is 1. The first-order chi connectivity index (χ1) is 11.7. The molecular formula is C19H18N2O3. The number of aryl methyl sites for hydroxylation is 1. The summed E-state index contributed by atoms with van der Waals surface area (Å²) in [5, 5.41) is 2.84. The lowest BCUT2D eigenvalue weighted by molar-refractivity contribution is -0.115. The van der Waals surface area contributed by atoms with Crippen molar-refractivity contribution in [1.82, 2.24) is 4.98 Å². The summed E-state index contributed by atoms with van der Waals surface area (Å²) in [6.07, 6.45) is 0.167. The fourth-order valence-corrected chi connectivity index (χ4v) is 2.33. The molecule has 1 amide bonds. The molecular weight excluding hydrogens is 304 g/mol. The van der Waals surface area contributed by atoms with E-state index >= 15 is 0 Å². The van der Waals surface area contributed by atoms with E-state index in [-0.39, 0.29) is 12.3 Å². The number of carbonyl (C=O) groups is 1. The SMILES string of the molecule is COc1ccc(-c2nc(CC(=O)Nc3ccccc3)c(C)o2)cc1. The molecule has 24 heavy (non-hydrogen) atoms. The lowest BCUT2D eigenvalue weighted by Gasteiger charge is -2.03. The van der Waals surface area contributed by atoms with Gasteiger partial charge >= 0.3 is 0 Å². The number of para-hydroxylation sites is 1. The molecule has 122 valence electrons. The van der Waals surface area contributed by atoms with Crippen LogP contribution < -0.4 is 10.1 Å². The molecule has 0 aliphatic rings. The molecule has 0 atom stereocenters. The number of nitrogens with one attached hydrogen (secondary N) is 1. The molecule has 0 saturated carbocycles. The van der Waals surface area contributed by atoms with Crippen LogP contribution in [0.1, 0.15) is 11.5 Å². The van der Waals surface area contributed by atoms with Crippen molar-refractivity contribution < 1.29 is 13.9 Å². The van der Waals surface area contributed by atoms with Gasteiger partial charge in [-0.3, -0.25) is 4.79 Å². The third-order valence-corrected chi connectivity index (χ3v) is 3.62. The Kier molecular flexibility index (Phi) is 4.61. The summed E-state index contributed by atoms with van der Waals surface area (Å²) in [4.78, 5) is 16.6. The van der Waals surface area contributed by atoms with Gasteiger partial charge in [0.05, 0.1) is 19.2 Å². The summed E-state index contributed by atoms with van der Waals surface area (Å²) in [7, 11) is 1.62. The predicted octanol–water partition coefficient (Wildman–Crippen LogP) is 3.84. The van der Waals surface area contributed by atoms with Crippen LogP contribution in [0, 0.1) is 6.92 Å². The first kappa shape index (κ1) is 15.8. The van der Waals surface area contributed by atoms with Crippen LogP contribution in [-0.4, -0.2) is 18.0 Å². The first-order valence-corrected chi connectivity index (χ1v) is 7.61. The molecule has 0 saturated heterocycles. The number of anilines is 1. The fraction of sp³-hybridized carbons (Fsp3) is 0.158. The number of hydrogen-bond acceptors (Lipinski definition) is 4. The summed E-state index contributed by atoms with van der Waals surface area (Å²) in [6.45, 7) is 1.81. The van der Waals surface area contributed by atoms with Gasteiger partial charge in [0.2, 0.25) is 11.8 Å². The van der Waals surface area contributed by atoms with Crippen molar-refractivity contribution in [3.63, 3.8) is 0 Å². The third-order valence-electron chi connectivity index (χ3n) is 3.62. The van der Waals surface area contributed by atoms with Gasteiger partial charge in [-0.2, -0.15) is 0 Å². The molecule has 0 unspecified atom stereocenters. The van der Waals surface area contributed by atoms with E-state index in [1.807, 2.05) is 61.5 Å². The van der Waals surface area contributed by atoms with E-state index in [1.165, 1.54) is 0 Å². The van der Waals surface area contributed by atoms with Crippen molar-refractivity contribution in [3.05, 3.63) is 66.1 Å². The molecule has 5 nitrogen and oxygen atoms in total. The maximum absolute atomic E-state index is 12.2. The highest BCUT2D eigenvalue weighted by atomic mass is 16.5. The third kappa shape index (κ3) is 3.63. The van der Waals surface area contributed by atoms with E-state index in [9.17, 15) is 4.79 Å². The zero-order valence-corrected chi connectivity index (χ0v) is 13.6. The van der Waals surface area contributed by atoms with Crippen LogP contribution in [0.25, 0.3) is 11.5 Å². The van der Waals surface area contributed by atoms with Crippen molar-refractivity contribution in [2.45, 2.75) is 13.3 Å². The molecule has 3 aromatic rings. The van der Waals surface area contributed by atoms with E-state index in [2.05, 4.69) is 10.3 Å². The van der Waals surface area contributed by atoms with E-state index in [0.717, 1.165) is 17.0 Å². The van der Waals surface area contributed by atoms with Crippen LogP contribution in [-0.2, 0) is 11.2 Å². The minimum Gasteiger partial charge on any atom is -0.497 e. The summed E-state index contributed by atoms with van der Waals surface area (Å²) in [6, 6.07) is 16.8. The van der Waals surface area contributed by atoms with Crippen molar-refractivity contribution >= 4 is 11.6 Å². The Morgan fingerprint density at radius 2 is 1.83 bits per heavy atom. The van der Waals surface area contributed by atoms with Crippen molar-refractivity contribution in [2.75, 3.05) is 12.4 Å². The Balaban J connectivity index is 1.72. The quantitative estimate of drug-likeness (QED) is 0.775. The highest BCUT2D eigenvalue weighted by Crippen LogP contribution is 2.24. The van der Waals surface area contributed by atoms with Crippen LogP contribution in [0.2, 0.25) is 0 Å². The highest BCUT2D eigenvalue weighted by molar-refractivity contribution is 5.92. The monoisotopic (exact) mass is 322 g/mol. The zero-order valence-electron chi connectivity index (χ0n) is 13.6. The van der Waals surface area contributed by atoms with Crippen molar-refractivity contribution in [2.24, 2.45) is 0 Å². The number of methoxy groups -OCH3 is 1. The summed E-state index contributed by atoms with van der Waals surface area (Å²) in [5.74, 6) is 1.78. The number of oxazole rings is 1. The van der Waals surface area contributed by atoms with E-state index in [4.69, 9.17) is 9.15 Å². The molecule has 3 rings (SSSR count). The van der Waals surface area contributed by atoms with Gasteiger partial charge in [0.15, 0.2) is 0 Å². The minimum absolute atomic E-state index is 0.126. The van der Waals surface area contributed by atoms with Gasteiger partial charge in [0, 0.05) is 11.3 Å². The van der Waals surface area contributed by atoms with Crippen LogP contribution in [0.4, 0.5) is 5.69 Å². The van der Waals surface area contributed by atoms with E-state index in [0.29, 0.717) is 17.3 Å². The van der Waals surface area contributed by atoms with Crippen LogP contribution in [0.15, 0.2) is 59.0 Å². The number of ether oxygens (including phenoxy) is 1. The molecule has 0 aliphatic carbocycles. The smallest absolute Gasteiger partial charge is 0.230 e. The number of rotatable bonds is 5. The Morgan fingerprint density at radius 3 is 2.50 bits per heavy atom.